The molecule has 21 heavy (non-hydrogen) atoms. The lowest BCUT2D eigenvalue weighted by molar-refractivity contribution is 0.157. The molecule has 0 aromatic heterocycles. The van der Waals surface area contributed by atoms with E-state index in [-0.39, 0.29) is 10.9 Å². The van der Waals surface area contributed by atoms with Crippen molar-refractivity contribution in [1.82, 2.24) is 4.31 Å². The minimum atomic E-state index is -3.63. The van der Waals surface area contributed by atoms with Gasteiger partial charge in [0.25, 0.3) is 0 Å². The number of hydrogen-bond acceptors (Lipinski definition) is 3. The van der Waals surface area contributed by atoms with Crippen LogP contribution < -0.4 is 5.73 Å². The Hall–Kier alpha value is -0.300. The number of halogens is 2. The van der Waals surface area contributed by atoms with E-state index in [2.05, 4.69) is 29.8 Å². The van der Waals surface area contributed by atoms with Crippen LogP contribution in [0.25, 0.3) is 0 Å². The molecule has 1 aromatic rings. The molecule has 1 aliphatic heterocycles. The van der Waals surface area contributed by atoms with Gasteiger partial charge in [-0.15, -0.1) is 0 Å². The van der Waals surface area contributed by atoms with Crippen molar-refractivity contribution in [2.75, 3.05) is 12.3 Å². The lowest BCUT2D eigenvalue weighted by atomic mass is 9.88. The number of sulfonamides is 1. The molecule has 7 heteroatoms. The van der Waals surface area contributed by atoms with Crippen molar-refractivity contribution in [1.29, 1.82) is 0 Å². The molecule has 2 N–H and O–H groups in total. The summed E-state index contributed by atoms with van der Waals surface area (Å²) in [5.41, 5.74) is 6.15. The molecule has 1 heterocycles. The molecule has 0 amide bonds. The third kappa shape index (κ3) is 3.23. The topological polar surface area (TPSA) is 63.4 Å². The second kappa shape index (κ2) is 6.07. The van der Waals surface area contributed by atoms with Gasteiger partial charge < -0.3 is 5.73 Å². The maximum atomic E-state index is 13.0. The highest BCUT2D eigenvalue weighted by Gasteiger charge is 2.38. The Balaban J connectivity index is 2.51. The second-order valence-corrected chi connectivity index (χ2v) is 9.03. The van der Waals surface area contributed by atoms with Crippen molar-refractivity contribution in [3.63, 3.8) is 0 Å². The molecule has 3 atom stereocenters. The van der Waals surface area contributed by atoms with Crippen LogP contribution in [0.3, 0.4) is 0 Å². The molecule has 0 bridgehead atoms. The fraction of sp³-hybridized carbons (Fsp3) is 0.571. The average Bonchev–Trinajstić information content (AvgIpc) is 2.37. The summed E-state index contributed by atoms with van der Waals surface area (Å²) in [6, 6.07) is 2.95. The zero-order valence-corrected chi connectivity index (χ0v) is 15.5. The highest BCUT2D eigenvalue weighted by Crippen LogP contribution is 2.37. The van der Waals surface area contributed by atoms with Gasteiger partial charge in [-0.1, -0.05) is 25.4 Å². The Labute approximate surface area is 139 Å². The number of nitrogens with zero attached hydrogens (tertiary/aromatic N) is 1. The lowest BCUT2D eigenvalue weighted by Gasteiger charge is -2.40. The van der Waals surface area contributed by atoms with Crippen LogP contribution in [0.1, 0.15) is 27.2 Å². The predicted molar refractivity (Wildman–Crippen MR) is 89.9 cm³/mol. The van der Waals surface area contributed by atoms with Gasteiger partial charge >= 0.3 is 0 Å². The summed E-state index contributed by atoms with van der Waals surface area (Å²) in [4.78, 5) is 0.139. The number of rotatable bonds is 2. The first-order chi connectivity index (χ1) is 9.64. The SMILES string of the molecule is CC1CC(C)C(C)N(S(=O)(=O)c2cc(Cl)cc(N)c2Br)C1. The lowest BCUT2D eigenvalue weighted by Crippen LogP contribution is -2.48. The fourth-order valence-corrected chi connectivity index (χ4v) is 5.98. The number of nitrogens with two attached hydrogens (primary N) is 1. The molecule has 118 valence electrons. The first-order valence-corrected chi connectivity index (χ1v) is 9.52. The van der Waals surface area contributed by atoms with Crippen LogP contribution in [0.5, 0.6) is 0 Å². The summed E-state index contributed by atoms with van der Waals surface area (Å²) in [5.74, 6) is 0.653. The molecule has 2 rings (SSSR count). The zero-order valence-electron chi connectivity index (χ0n) is 12.3. The summed E-state index contributed by atoms with van der Waals surface area (Å²) in [6.45, 7) is 6.64. The van der Waals surface area contributed by atoms with E-state index in [1.807, 2.05) is 6.92 Å². The minimum absolute atomic E-state index is 0.0432. The summed E-state index contributed by atoms with van der Waals surface area (Å²) in [6.07, 6.45) is 1.03. The Morgan fingerprint density at radius 1 is 1.33 bits per heavy atom. The van der Waals surface area contributed by atoms with Gasteiger partial charge in [0, 0.05) is 23.3 Å². The van der Waals surface area contributed by atoms with Gasteiger partial charge in [-0.2, -0.15) is 4.31 Å². The Morgan fingerprint density at radius 3 is 2.57 bits per heavy atom. The van der Waals surface area contributed by atoms with Gasteiger partial charge in [0.1, 0.15) is 0 Å². The fourth-order valence-electron chi connectivity index (χ4n) is 2.88. The van der Waals surface area contributed by atoms with E-state index in [9.17, 15) is 8.42 Å². The van der Waals surface area contributed by atoms with E-state index in [1.54, 1.807) is 4.31 Å². The third-order valence-corrected chi connectivity index (χ3v) is 7.50. The first-order valence-electron chi connectivity index (χ1n) is 6.91. The normalized spacial score (nSPS) is 27.8. The summed E-state index contributed by atoms with van der Waals surface area (Å²) in [5, 5.41) is 0.319. The van der Waals surface area contributed by atoms with Gasteiger partial charge in [0.2, 0.25) is 10.0 Å². The molecular weight excluding hydrogens is 376 g/mol. The van der Waals surface area contributed by atoms with Gasteiger partial charge in [0.05, 0.1) is 9.37 Å². The van der Waals surface area contributed by atoms with Crippen LogP contribution in [0.2, 0.25) is 5.02 Å². The Morgan fingerprint density at radius 2 is 1.95 bits per heavy atom. The number of benzene rings is 1. The summed E-state index contributed by atoms with van der Waals surface area (Å²) < 4.78 is 27.9. The van der Waals surface area contributed by atoms with Crippen molar-refractivity contribution in [3.05, 3.63) is 21.6 Å². The largest absolute Gasteiger partial charge is 0.398 e. The molecule has 3 unspecified atom stereocenters. The van der Waals surface area contributed by atoms with Crippen LogP contribution in [0, 0.1) is 11.8 Å². The highest BCUT2D eigenvalue weighted by molar-refractivity contribution is 9.10. The van der Waals surface area contributed by atoms with Crippen LogP contribution in [-0.4, -0.2) is 25.3 Å². The summed E-state index contributed by atoms with van der Waals surface area (Å²) in [7, 11) is -3.63. The molecule has 1 fully saturated rings. The van der Waals surface area contributed by atoms with Crippen molar-refractivity contribution in [2.45, 2.75) is 38.1 Å². The van der Waals surface area contributed by atoms with Crippen molar-refractivity contribution >= 4 is 43.2 Å². The third-order valence-electron chi connectivity index (χ3n) is 4.16. The number of hydrogen-bond donors (Lipinski definition) is 1. The van der Waals surface area contributed by atoms with E-state index in [1.165, 1.54) is 12.1 Å². The number of anilines is 1. The molecule has 0 saturated carbocycles. The van der Waals surface area contributed by atoms with Crippen molar-refractivity contribution < 1.29 is 8.42 Å². The average molecular weight is 396 g/mol. The monoisotopic (exact) mass is 394 g/mol. The maximum Gasteiger partial charge on any atom is 0.244 e. The van der Waals surface area contributed by atoms with Gasteiger partial charge in [-0.3, -0.25) is 0 Å². The van der Waals surface area contributed by atoms with Crippen LogP contribution in [-0.2, 0) is 10.0 Å². The Kier molecular flexibility index (Phi) is 4.93. The van der Waals surface area contributed by atoms with Crippen LogP contribution in [0.4, 0.5) is 5.69 Å². The summed E-state index contributed by atoms with van der Waals surface area (Å²) >= 11 is 9.25. The van der Waals surface area contributed by atoms with E-state index in [0.29, 0.717) is 33.6 Å². The van der Waals surface area contributed by atoms with E-state index < -0.39 is 10.0 Å². The van der Waals surface area contributed by atoms with Crippen LogP contribution in [0.15, 0.2) is 21.5 Å². The minimum Gasteiger partial charge on any atom is -0.398 e. The maximum absolute atomic E-state index is 13.0. The van der Waals surface area contributed by atoms with E-state index >= 15 is 0 Å². The quantitative estimate of drug-likeness (QED) is 0.776. The molecule has 0 radical (unpaired) electrons. The van der Waals surface area contributed by atoms with Gasteiger partial charge in [-0.05, 0) is 53.2 Å². The van der Waals surface area contributed by atoms with Crippen molar-refractivity contribution in [2.24, 2.45) is 11.8 Å². The van der Waals surface area contributed by atoms with Crippen molar-refractivity contribution in [3.8, 4) is 0 Å². The highest BCUT2D eigenvalue weighted by atomic mass is 79.9. The first kappa shape index (κ1) is 17.1. The molecule has 1 aromatic carbocycles. The van der Waals surface area contributed by atoms with Crippen LogP contribution >= 0.6 is 27.5 Å². The van der Waals surface area contributed by atoms with Gasteiger partial charge in [0.15, 0.2) is 0 Å². The smallest absolute Gasteiger partial charge is 0.244 e. The molecule has 0 spiro atoms. The standard InChI is InChI=1S/C14H20BrClN2O2S/c1-8-4-9(2)10(3)18(7-8)21(19,20)13-6-11(16)5-12(17)14(13)15/h5-6,8-10H,4,7,17H2,1-3H3. The zero-order chi connectivity index (χ0) is 15.9. The predicted octanol–water partition coefficient (Wildman–Crippen LogP) is 3.74. The number of nitrogen functional groups attached to an aromatic ring is 1. The number of piperidine rings is 1. The molecule has 4 nitrogen and oxygen atoms in total. The molecular formula is C14H20BrClN2O2S. The molecule has 0 aliphatic carbocycles. The van der Waals surface area contributed by atoms with E-state index in [4.69, 9.17) is 17.3 Å². The Bertz CT molecular complexity index is 651. The molecule has 1 saturated heterocycles. The van der Waals surface area contributed by atoms with E-state index in [0.717, 1.165) is 6.42 Å². The second-order valence-electron chi connectivity index (χ2n) is 5.94. The molecule has 1 aliphatic rings. The van der Waals surface area contributed by atoms with Gasteiger partial charge in [-0.25, -0.2) is 8.42 Å².